The molecule has 9 nitrogen and oxygen atoms in total. The fraction of sp³-hybridized carbons (Fsp3) is 0.455. The van der Waals surface area contributed by atoms with Crippen LogP contribution in [0.5, 0.6) is 0 Å². The molecule has 1 atom stereocenters. The third-order valence-electron chi connectivity index (χ3n) is 9.56. The first kappa shape index (κ1) is 30.7. The summed E-state index contributed by atoms with van der Waals surface area (Å²) in [6, 6.07) is 11.8. The standard InChI is InChI=1S/C33H33F3N6O3S/c1-45-24-13-23(14-24)39-9-5-22(17-39)41-8-2-3-21-11-20(16-37)12-27(30(21)41)26-4-7-38-28-15-25(46-31(26)28)18-42-29(43)6-10-40(32(42)44)19-33(34,35)36/h4,6-7,10-12,15,22-24H,2-3,5,8-9,13-14,17-19H2,1H3/t22-,23?,24?/m0/s1. The zero-order chi connectivity index (χ0) is 32.2. The summed E-state index contributed by atoms with van der Waals surface area (Å²) in [7, 11) is 1.78. The van der Waals surface area contributed by atoms with Crippen LogP contribution in [0.4, 0.5) is 18.9 Å². The minimum absolute atomic E-state index is 0.178. The van der Waals surface area contributed by atoms with E-state index in [9.17, 15) is 28.0 Å². The van der Waals surface area contributed by atoms with Crippen LogP contribution in [0.25, 0.3) is 21.3 Å². The molecule has 0 bridgehead atoms. The summed E-state index contributed by atoms with van der Waals surface area (Å²) in [4.78, 5) is 35.7. The summed E-state index contributed by atoms with van der Waals surface area (Å²) < 4.78 is 46.8. The lowest BCUT2D eigenvalue weighted by atomic mass is 9.88. The van der Waals surface area contributed by atoms with Gasteiger partial charge in [0.1, 0.15) is 6.54 Å². The van der Waals surface area contributed by atoms with E-state index in [1.165, 1.54) is 11.3 Å². The van der Waals surface area contributed by atoms with Gasteiger partial charge in [-0.3, -0.25) is 23.8 Å². The number of hydrogen-bond acceptors (Lipinski definition) is 8. The van der Waals surface area contributed by atoms with Gasteiger partial charge in [-0.15, -0.1) is 11.3 Å². The molecule has 5 heterocycles. The predicted molar refractivity (Wildman–Crippen MR) is 169 cm³/mol. The minimum Gasteiger partial charge on any atom is -0.381 e. The maximum Gasteiger partial charge on any atom is 0.406 e. The number of alkyl halides is 3. The zero-order valence-electron chi connectivity index (χ0n) is 25.3. The molecule has 0 unspecified atom stereocenters. The lowest BCUT2D eigenvalue weighted by Crippen LogP contribution is -2.48. The highest BCUT2D eigenvalue weighted by Crippen LogP contribution is 2.44. The van der Waals surface area contributed by atoms with Crippen molar-refractivity contribution in [2.75, 3.05) is 31.6 Å². The summed E-state index contributed by atoms with van der Waals surface area (Å²) >= 11 is 1.35. The van der Waals surface area contributed by atoms with Crippen molar-refractivity contribution in [3.63, 3.8) is 0 Å². The molecule has 3 aliphatic rings. The van der Waals surface area contributed by atoms with Crippen molar-refractivity contribution in [1.82, 2.24) is 19.0 Å². The molecule has 1 aliphatic carbocycles. The molecule has 1 aromatic carbocycles. The Morgan fingerprint density at radius 2 is 1.93 bits per heavy atom. The maximum absolute atomic E-state index is 13.0. The number of methoxy groups -OCH3 is 1. The number of thiophene rings is 1. The summed E-state index contributed by atoms with van der Waals surface area (Å²) in [6.07, 6.45) is 3.39. The van der Waals surface area contributed by atoms with Gasteiger partial charge in [0.2, 0.25) is 0 Å². The van der Waals surface area contributed by atoms with Gasteiger partial charge in [-0.25, -0.2) is 4.79 Å². The third kappa shape index (κ3) is 5.74. The molecule has 0 amide bonds. The number of nitrogens with zero attached hydrogens (tertiary/aromatic N) is 6. The topological polar surface area (TPSA) is 96.4 Å². The van der Waals surface area contributed by atoms with Gasteiger partial charge >= 0.3 is 11.9 Å². The van der Waals surface area contributed by atoms with E-state index in [2.05, 4.69) is 20.9 Å². The van der Waals surface area contributed by atoms with E-state index in [-0.39, 0.29) is 6.54 Å². The van der Waals surface area contributed by atoms with Gasteiger partial charge in [-0.2, -0.15) is 18.4 Å². The molecule has 1 saturated carbocycles. The van der Waals surface area contributed by atoms with Crippen LogP contribution in [-0.2, 0) is 24.2 Å². The molecule has 0 radical (unpaired) electrons. The van der Waals surface area contributed by atoms with Crippen LogP contribution in [0.3, 0.4) is 0 Å². The lowest BCUT2D eigenvalue weighted by molar-refractivity contribution is -0.141. The lowest BCUT2D eigenvalue weighted by Gasteiger charge is -2.42. The van der Waals surface area contributed by atoms with Gasteiger partial charge < -0.3 is 9.64 Å². The molecular formula is C33H33F3N6O3S. The zero-order valence-corrected chi connectivity index (χ0v) is 26.1. The van der Waals surface area contributed by atoms with Crippen LogP contribution >= 0.6 is 11.3 Å². The van der Waals surface area contributed by atoms with Crippen LogP contribution in [0.15, 0.2) is 52.3 Å². The highest BCUT2D eigenvalue weighted by atomic mass is 32.1. The van der Waals surface area contributed by atoms with E-state index in [0.717, 1.165) is 95.6 Å². The number of halogens is 3. The van der Waals surface area contributed by atoms with Crippen LogP contribution in [0.1, 0.15) is 41.7 Å². The molecule has 0 N–H and O–H groups in total. The molecule has 13 heteroatoms. The quantitative estimate of drug-likeness (QED) is 0.284. The Kier molecular flexibility index (Phi) is 7.99. The number of benzene rings is 1. The van der Waals surface area contributed by atoms with E-state index >= 15 is 0 Å². The van der Waals surface area contributed by atoms with Gasteiger partial charge in [0, 0.05) is 79.0 Å². The van der Waals surface area contributed by atoms with Crippen molar-refractivity contribution in [2.24, 2.45) is 0 Å². The largest absolute Gasteiger partial charge is 0.406 e. The Bertz CT molecular complexity index is 1960. The van der Waals surface area contributed by atoms with E-state index in [1.807, 2.05) is 18.2 Å². The molecule has 1 saturated heterocycles. The minimum atomic E-state index is -4.60. The molecule has 240 valence electrons. The Morgan fingerprint density at radius 3 is 2.70 bits per heavy atom. The van der Waals surface area contributed by atoms with Crippen molar-refractivity contribution in [3.8, 4) is 17.2 Å². The van der Waals surface area contributed by atoms with Gasteiger partial charge in [0.25, 0.3) is 5.56 Å². The highest BCUT2D eigenvalue weighted by molar-refractivity contribution is 7.19. The summed E-state index contributed by atoms with van der Waals surface area (Å²) in [6.45, 7) is 1.28. The third-order valence-corrected chi connectivity index (χ3v) is 10.7. The number of anilines is 1. The molecule has 2 aliphatic heterocycles. The number of nitriles is 1. The van der Waals surface area contributed by atoms with E-state index in [1.54, 1.807) is 19.4 Å². The molecule has 4 aromatic rings. The van der Waals surface area contributed by atoms with Gasteiger partial charge in [0.15, 0.2) is 0 Å². The fourth-order valence-corrected chi connectivity index (χ4v) is 8.37. The number of likely N-dealkylation sites (tertiary alicyclic amines) is 1. The molecular weight excluding hydrogens is 617 g/mol. The number of ether oxygens (including phenoxy) is 1. The first-order chi connectivity index (χ1) is 22.1. The van der Waals surface area contributed by atoms with E-state index in [0.29, 0.717) is 38.7 Å². The van der Waals surface area contributed by atoms with Crippen LogP contribution in [-0.4, -0.2) is 70.1 Å². The average Bonchev–Trinajstić information content (AvgIpc) is 3.66. The second-order valence-electron chi connectivity index (χ2n) is 12.4. The second-order valence-corrected chi connectivity index (χ2v) is 13.5. The van der Waals surface area contributed by atoms with Crippen LogP contribution < -0.4 is 16.1 Å². The first-order valence-corrected chi connectivity index (χ1v) is 16.3. The van der Waals surface area contributed by atoms with Crippen LogP contribution in [0, 0.1) is 11.3 Å². The summed E-state index contributed by atoms with van der Waals surface area (Å²) in [5, 5.41) is 9.96. The molecule has 0 spiro atoms. The molecule has 2 fully saturated rings. The Morgan fingerprint density at radius 1 is 1.11 bits per heavy atom. The van der Waals surface area contributed by atoms with Crippen LogP contribution in [0.2, 0.25) is 0 Å². The van der Waals surface area contributed by atoms with E-state index < -0.39 is 24.0 Å². The monoisotopic (exact) mass is 650 g/mol. The number of hydrogen-bond donors (Lipinski definition) is 0. The normalized spacial score (nSPS) is 21.7. The van der Waals surface area contributed by atoms with Crippen molar-refractivity contribution in [3.05, 3.63) is 79.6 Å². The number of aromatic nitrogens is 3. The predicted octanol–water partition coefficient (Wildman–Crippen LogP) is 4.77. The molecule has 3 aromatic heterocycles. The van der Waals surface area contributed by atoms with Crippen molar-refractivity contribution in [1.29, 1.82) is 5.26 Å². The average molecular weight is 651 g/mol. The van der Waals surface area contributed by atoms with Crippen molar-refractivity contribution in [2.45, 2.75) is 69.6 Å². The smallest absolute Gasteiger partial charge is 0.381 e. The van der Waals surface area contributed by atoms with Crippen molar-refractivity contribution < 1.29 is 17.9 Å². The second kappa shape index (κ2) is 12.0. The Hall–Kier alpha value is -3.99. The summed E-state index contributed by atoms with van der Waals surface area (Å²) in [5.74, 6) is 0. The molecule has 46 heavy (non-hydrogen) atoms. The highest BCUT2D eigenvalue weighted by Gasteiger charge is 2.40. The fourth-order valence-electron chi connectivity index (χ4n) is 7.24. The molecule has 7 rings (SSSR count). The number of rotatable bonds is 7. The van der Waals surface area contributed by atoms with Crippen molar-refractivity contribution >= 4 is 27.2 Å². The number of pyridine rings is 1. The maximum atomic E-state index is 13.0. The van der Waals surface area contributed by atoms with Gasteiger partial charge in [0.05, 0.1) is 34.5 Å². The first-order valence-electron chi connectivity index (χ1n) is 15.5. The summed E-state index contributed by atoms with van der Waals surface area (Å²) in [5.41, 5.74) is 3.65. The number of fused-ring (bicyclic) bond motifs is 2. The van der Waals surface area contributed by atoms with E-state index in [4.69, 9.17) is 4.74 Å². The number of aryl methyl sites for hydroxylation is 1. The van der Waals surface area contributed by atoms with Gasteiger partial charge in [-0.1, -0.05) is 0 Å². The van der Waals surface area contributed by atoms with Gasteiger partial charge in [-0.05, 0) is 61.9 Å². The Balaban J connectivity index is 1.25. The SMILES string of the molecule is COC1CC(N2CC[C@H](N3CCCc4cc(C#N)cc(-c5ccnc6cc(Cn7c(=O)ccn(CC(F)(F)F)c7=O)sc56)c43)C2)C1. The Labute approximate surface area is 267 Å².